The summed E-state index contributed by atoms with van der Waals surface area (Å²) in [6, 6.07) is 6.06. The normalized spacial score (nSPS) is 21.8. The minimum absolute atomic E-state index is 0.202. The van der Waals surface area contributed by atoms with Crippen molar-refractivity contribution in [1.82, 2.24) is 14.7 Å². The lowest BCUT2D eigenvalue weighted by atomic mass is 9.94. The molecule has 0 amide bonds. The van der Waals surface area contributed by atoms with Crippen LogP contribution in [0.5, 0.6) is 0 Å². The third-order valence-electron chi connectivity index (χ3n) is 4.40. The number of hydrogen-bond donors (Lipinski definition) is 1. The summed E-state index contributed by atoms with van der Waals surface area (Å²) in [6.45, 7) is 1.34. The fourth-order valence-electron chi connectivity index (χ4n) is 3.30. The molecule has 1 atom stereocenters. The number of aliphatic hydroxyl groups is 1. The Kier molecular flexibility index (Phi) is 4.64. The predicted octanol–water partition coefficient (Wildman–Crippen LogP) is 2.68. The molecular weight excluding hydrogens is 319 g/mol. The molecule has 1 aromatic heterocycles. The standard InChI is InChI=1S/C17H20F3N3O/c1-22-9-13(15(21-22)16(19)20)10-23-7-6-17(24,11-23)8-12-2-4-14(18)5-3-12/h2-5,9,16,24H,6-8,10-11H2,1H3. The van der Waals surface area contributed by atoms with E-state index in [9.17, 15) is 18.3 Å². The van der Waals surface area contributed by atoms with Crippen LogP contribution in [0.3, 0.4) is 0 Å². The first-order valence-corrected chi connectivity index (χ1v) is 7.84. The van der Waals surface area contributed by atoms with Crippen molar-refractivity contribution in [1.29, 1.82) is 0 Å². The highest BCUT2D eigenvalue weighted by Crippen LogP contribution is 2.29. The van der Waals surface area contributed by atoms with Crippen LogP contribution in [0.4, 0.5) is 13.2 Å². The minimum atomic E-state index is -2.61. The summed E-state index contributed by atoms with van der Waals surface area (Å²) in [7, 11) is 1.62. The van der Waals surface area contributed by atoms with Gasteiger partial charge in [0.25, 0.3) is 6.43 Å². The molecule has 1 aromatic carbocycles. The van der Waals surface area contributed by atoms with E-state index in [1.807, 2.05) is 4.90 Å². The van der Waals surface area contributed by atoms with Crippen LogP contribution in [0.25, 0.3) is 0 Å². The molecule has 1 unspecified atom stereocenters. The van der Waals surface area contributed by atoms with Crippen LogP contribution in [0.2, 0.25) is 0 Å². The Hall–Kier alpha value is -1.86. The summed E-state index contributed by atoms with van der Waals surface area (Å²) >= 11 is 0. The predicted molar refractivity (Wildman–Crippen MR) is 83.1 cm³/mol. The number of likely N-dealkylation sites (tertiary alicyclic amines) is 1. The Balaban J connectivity index is 1.65. The molecule has 130 valence electrons. The second-order valence-corrected chi connectivity index (χ2v) is 6.50. The molecule has 1 aliphatic rings. The van der Waals surface area contributed by atoms with E-state index in [0.29, 0.717) is 38.0 Å². The lowest BCUT2D eigenvalue weighted by molar-refractivity contribution is 0.0486. The monoisotopic (exact) mass is 339 g/mol. The third-order valence-corrected chi connectivity index (χ3v) is 4.40. The first kappa shape index (κ1) is 17.0. The van der Waals surface area contributed by atoms with Crippen molar-refractivity contribution in [3.63, 3.8) is 0 Å². The number of aryl methyl sites for hydroxylation is 1. The Morgan fingerprint density at radius 1 is 1.29 bits per heavy atom. The van der Waals surface area contributed by atoms with Gasteiger partial charge in [-0.25, -0.2) is 13.2 Å². The number of aromatic nitrogens is 2. The maximum absolute atomic E-state index is 13.0. The van der Waals surface area contributed by atoms with Crippen molar-refractivity contribution in [2.75, 3.05) is 13.1 Å². The van der Waals surface area contributed by atoms with E-state index >= 15 is 0 Å². The molecular formula is C17H20F3N3O. The SMILES string of the molecule is Cn1cc(CN2CCC(O)(Cc3ccc(F)cc3)C2)c(C(F)F)n1. The van der Waals surface area contributed by atoms with E-state index in [1.165, 1.54) is 16.8 Å². The zero-order valence-electron chi connectivity index (χ0n) is 13.4. The summed E-state index contributed by atoms with van der Waals surface area (Å²) in [4.78, 5) is 1.95. The summed E-state index contributed by atoms with van der Waals surface area (Å²) in [6.07, 6.45) is -0.0478. The van der Waals surface area contributed by atoms with Crippen LogP contribution in [0.1, 0.15) is 29.7 Å². The van der Waals surface area contributed by atoms with Gasteiger partial charge in [0.1, 0.15) is 11.5 Å². The van der Waals surface area contributed by atoms with Crippen molar-refractivity contribution in [3.8, 4) is 0 Å². The average Bonchev–Trinajstić information content (AvgIpc) is 3.05. The third kappa shape index (κ3) is 3.79. The Morgan fingerprint density at radius 3 is 2.67 bits per heavy atom. The largest absolute Gasteiger partial charge is 0.388 e. The summed E-state index contributed by atoms with van der Waals surface area (Å²) < 4.78 is 40.4. The second kappa shape index (κ2) is 6.57. The average molecular weight is 339 g/mol. The van der Waals surface area contributed by atoms with Crippen molar-refractivity contribution in [2.45, 2.75) is 31.4 Å². The molecule has 24 heavy (non-hydrogen) atoms. The smallest absolute Gasteiger partial charge is 0.282 e. The first-order chi connectivity index (χ1) is 11.3. The molecule has 2 heterocycles. The second-order valence-electron chi connectivity index (χ2n) is 6.50. The number of benzene rings is 1. The fraction of sp³-hybridized carbons (Fsp3) is 0.471. The van der Waals surface area contributed by atoms with Crippen LogP contribution < -0.4 is 0 Å². The number of rotatable bonds is 5. The summed E-state index contributed by atoms with van der Waals surface area (Å²) in [5.41, 5.74) is 0.214. The van der Waals surface area contributed by atoms with E-state index < -0.39 is 12.0 Å². The van der Waals surface area contributed by atoms with Gasteiger partial charge in [0.05, 0.1) is 5.60 Å². The highest BCUT2D eigenvalue weighted by Gasteiger charge is 2.36. The first-order valence-electron chi connectivity index (χ1n) is 7.84. The van der Waals surface area contributed by atoms with E-state index in [-0.39, 0.29) is 11.5 Å². The molecule has 0 spiro atoms. The molecule has 3 rings (SSSR count). The molecule has 1 N–H and O–H groups in total. The molecule has 1 aliphatic heterocycles. The van der Waals surface area contributed by atoms with Crippen LogP contribution in [-0.2, 0) is 20.0 Å². The zero-order chi connectivity index (χ0) is 17.3. The molecule has 2 aromatic rings. The maximum Gasteiger partial charge on any atom is 0.282 e. The van der Waals surface area contributed by atoms with Gasteiger partial charge in [-0.15, -0.1) is 0 Å². The van der Waals surface area contributed by atoms with Gasteiger partial charge in [-0.1, -0.05) is 12.1 Å². The zero-order valence-corrected chi connectivity index (χ0v) is 13.4. The molecule has 1 fully saturated rings. The van der Waals surface area contributed by atoms with E-state index in [1.54, 1.807) is 25.4 Å². The van der Waals surface area contributed by atoms with Crippen LogP contribution >= 0.6 is 0 Å². The van der Waals surface area contributed by atoms with Crippen molar-refractivity contribution >= 4 is 0 Å². The van der Waals surface area contributed by atoms with Crippen LogP contribution in [-0.4, -0.2) is 38.5 Å². The lowest BCUT2D eigenvalue weighted by Crippen LogP contribution is -2.35. The Morgan fingerprint density at radius 2 is 2.00 bits per heavy atom. The molecule has 7 heteroatoms. The maximum atomic E-state index is 13.0. The van der Waals surface area contributed by atoms with Gasteiger partial charge in [0.2, 0.25) is 0 Å². The lowest BCUT2D eigenvalue weighted by Gasteiger charge is -2.23. The van der Waals surface area contributed by atoms with Gasteiger partial charge >= 0.3 is 0 Å². The summed E-state index contributed by atoms with van der Waals surface area (Å²) in [5.74, 6) is -0.310. The highest BCUT2D eigenvalue weighted by atomic mass is 19.3. The van der Waals surface area contributed by atoms with Gasteiger partial charge in [-0.05, 0) is 24.1 Å². The van der Waals surface area contributed by atoms with Gasteiger partial charge in [-0.2, -0.15) is 5.10 Å². The van der Waals surface area contributed by atoms with E-state index in [4.69, 9.17) is 0 Å². The molecule has 0 bridgehead atoms. The molecule has 4 nitrogen and oxygen atoms in total. The van der Waals surface area contributed by atoms with Crippen molar-refractivity contribution < 1.29 is 18.3 Å². The number of hydrogen-bond acceptors (Lipinski definition) is 3. The van der Waals surface area contributed by atoms with E-state index in [2.05, 4.69) is 5.10 Å². The molecule has 0 saturated carbocycles. The van der Waals surface area contributed by atoms with Gasteiger partial charge in [-0.3, -0.25) is 9.58 Å². The number of halogens is 3. The van der Waals surface area contributed by atoms with Gasteiger partial charge < -0.3 is 5.11 Å². The molecule has 0 aliphatic carbocycles. The summed E-state index contributed by atoms with van der Waals surface area (Å²) in [5, 5.41) is 14.5. The number of nitrogens with zero attached hydrogens (tertiary/aromatic N) is 3. The molecule has 0 radical (unpaired) electrons. The van der Waals surface area contributed by atoms with Gasteiger partial charge in [0.15, 0.2) is 0 Å². The number of β-amino-alcohol motifs (C(OH)–C–C–N with tert-alkyl or cyclic N) is 1. The minimum Gasteiger partial charge on any atom is -0.388 e. The Bertz CT molecular complexity index is 702. The van der Waals surface area contributed by atoms with Crippen LogP contribution in [0.15, 0.2) is 30.5 Å². The quantitative estimate of drug-likeness (QED) is 0.911. The topological polar surface area (TPSA) is 41.3 Å². The van der Waals surface area contributed by atoms with Gasteiger partial charge in [0, 0.05) is 44.9 Å². The highest BCUT2D eigenvalue weighted by molar-refractivity contribution is 5.21. The van der Waals surface area contributed by atoms with Crippen LogP contribution in [0, 0.1) is 5.82 Å². The van der Waals surface area contributed by atoms with E-state index in [0.717, 1.165) is 5.56 Å². The van der Waals surface area contributed by atoms with Crippen molar-refractivity contribution in [3.05, 3.63) is 53.1 Å². The number of alkyl halides is 2. The van der Waals surface area contributed by atoms with Crippen molar-refractivity contribution in [2.24, 2.45) is 7.05 Å². The Labute approximate surface area is 138 Å². The molecule has 1 saturated heterocycles. The fourth-order valence-corrected chi connectivity index (χ4v) is 3.30.